The molecule has 0 saturated carbocycles. The fourth-order valence-electron chi connectivity index (χ4n) is 1.63. The van der Waals surface area contributed by atoms with Gasteiger partial charge in [0.25, 0.3) is 0 Å². The number of thiophene rings is 1. The second-order valence-corrected chi connectivity index (χ2v) is 4.80. The molecule has 5 nitrogen and oxygen atoms in total. The zero-order valence-electron chi connectivity index (χ0n) is 11.7. The molecule has 0 saturated heterocycles. The summed E-state index contributed by atoms with van der Waals surface area (Å²) in [4.78, 5) is 9.72. The molecule has 0 aromatic carbocycles. The smallest absolute Gasteiger partial charge is 0.173 e. The first-order chi connectivity index (χ1) is 9.72. The monoisotopic (exact) mass is 287 g/mol. The van der Waals surface area contributed by atoms with Crippen molar-refractivity contribution in [2.24, 2.45) is 0 Å². The molecule has 0 amide bonds. The lowest BCUT2D eigenvalue weighted by Gasteiger charge is -2.04. The van der Waals surface area contributed by atoms with E-state index >= 15 is 0 Å². The maximum atomic E-state index is 5.82. The summed E-state index contributed by atoms with van der Waals surface area (Å²) in [6, 6.07) is 7.56. The molecule has 0 aliphatic heterocycles. The van der Waals surface area contributed by atoms with Crippen LogP contribution in [-0.2, 0) is 0 Å². The second-order valence-electron chi connectivity index (χ2n) is 3.85. The standard InChI is InChI=1S/C12H11N5S.C2H6/c1-8-4-5-17(16-8)11-7-10(13)14-12(15-11)9-3-2-6-18-9;1-2/h2-7H,1H3,(H2,13,14,15);1-2H3. The number of nitrogen functional groups attached to an aromatic ring is 1. The van der Waals surface area contributed by atoms with E-state index in [2.05, 4.69) is 15.1 Å². The summed E-state index contributed by atoms with van der Waals surface area (Å²) in [6.07, 6.45) is 1.86. The zero-order valence-corrected chi connectivity index (χ0v) is 12.6. The van der Waals surface area contributed by atoms with Crippen molar-refractivity contribution in [3.63, 3.8) is 0 Å². The Kier molecular flexibility index (Phi) is 4.47. The number of hydrogen-bond acceptors (Lipinski definition) is 5. The van der Waals surface area contributed by atoms with Gasteiger partial charge in [-0.05, 0) is 24.4 Å². The molecule has 6 heteroatoms. The van der Waals surface area contributed by atoms with E-state index in [1.807, 2.05) is 50.5 Å². The fraction of sp³-hybridized carbons (Fsp3) is 0.214. The Morgan fingerprint density at radius 3 is 2.60 bits per heavy atom. The number of nitrogens with zero attached hydrogens (tertiary/aromatic N) is 4. The van der Waals surface area contributed by atoms with Gasteiger partial charge in [0.05, 0.1) is 10.6 Å². The molecule has 3 rings (SSSR count). The van der Waals surface area contributed by atoms with Gasteiger partial charge in [0.1, 0.15) is 5.82 Å². The number of hydrogen-bond donors (Lipinski definition) is 1. The van der Waals surface area contributed by atoms with Crippen LogP contribution in [0.5, 0.6) is 0 Å². The normalized spacial score (nSPS) is 9.95. The van der Waals surface area contributed by atoms with Gasteiger partial charge in [-0.2, -0.15) is 5.10 Å². The highest BCUT2D eigenvalue weighted by Gasteiger charge is 2.08. The molecule has 0 bridgehead atoms. The van der Waals surface area contributed by atoms with E-state index in [0.29, 0.717) is 17.5 Å². The van der Waals surface area contributed by atoms with Crippen molar-refractivity contribution in [1.82, 2.24) is 19.7 Å². The third-order valence-electron chi connectivity index (χ3n) is 2.43. The molecule has 3 aromatic heterocycles. The molecule has 0 aliphatic rings. The summed E-state index contributed by atoms with van der Waals surface area (Å²) in [5.41, 5.74) is 6.76. The van der Waals surface area contributed by atoms with Crippen LogP contribution in [0.3, 0.4) is 0 Å². The van der Waals surface area contributed by atoms with Crippen LogP contribution >= 0.6 is 11.3 Å². The molecular formula is C14H17N5S. The van der Waals surface area contributed by atoms with E-state index < -0.39 is 0 Å². The summed E-state index contributed by atoms with van der Waals surface area (Å²) < 4.78 is 1.70. The minimum atomic E-state index is 0.441. The molecule has 3 heterocycles. The Morgan fingerprint density at radius 1 is 1.20 bits per heavy atom. The Hall–Kier alpha value is -2.21. The zero-order chi connectivity index (χ0) is 14.5. The highest BCUT2D eigenvalue weighted by Crippen LogP contribution is 2.22. The van der Waals surface area contributed by atoms with E-state index in [4.69, 9.17) is 5.73 Å². The summed E-state index contributed by atoms with van der Waals surface area (Å²) >= 11 is 1.58. The van der Waals surface area contributed by atoms with Crippen LogP contribution in [-0.4, -0.2) is 19.7 Å². The van der Waals surface area contributed by atoms with Crippen LogP contribution < -0.4 is 5.73 Å². The molecule has 0 aliphatic carbocycles. The van der Waals surface area contributed by atoms with Gasteiger partial charge >= 0.3 is 0 Å². The van der Waals surface area contributed by atoms with Gasteiger partial charge < -0.3 is 5.73 Å². The number of aryl methyl sites for hydroxylation is 1. The summed E-state index contributed by atoms with van der Waals surface area (Å²) in [7, 11) is 0. The highest BCUT2D eigenvalue weighted by molar-refractivity contribution is 7.13. The topological polar surface area (TPSA) is 69.6 Å². The van der Waals surface area contributed by atoms with E-state index in [9.17, 15) is 0 Å². The quantitative estimate of drug-likeness (QED) is 0.785. The van der Waals surface area contributed by atoms with Crippen molar-refractivity contribution in [3.05, 3.63) is 41.5 Å². The van der Waals surface area contributed by atoms with Crippen molar-refractivity contribution in [3.8, 4) is 16.5 Å². The number of aromatic nitrogens is 4. The molecule has 0 atom stereocenters. The maximum absolute atomic E-state index is 5.82. The van der Waals surface area contributed by atoms with Gasteiger partial charge in [-0.15, -0.1) is 11.3 Å². The lowest BCUT2D eigenvalue weighted by Crippen LogP contribution is -2.03. The molecule has 3 aromatic rings. The van der Waals surface area contributed by atoms with Crippen LogP contribution in [0.25, 0.3) is 16.5 Å². The first-order valence-corrected chi connectivity index (χ1v) is 7.31. The van der Waals surface area contributed by atoms with Crippen LogP contribution in [0.4, 0.5) is 5.82 Å². The Bertz CT molecular complexity index is 673. The minimum absolute atomic E-state index is 0.441. The van der Waals surface area contributed by atoms with Gasteiger partial charge in [-0.3, -0.25) is 0 Å². The van der Waals surface area contributed by atoms with Crippen LogP contribution in [0, 0.1) is 6.92 Å². The van der Waals surface area contributed by atoms with E-state index in [-0.39, 0.29) is 0 Å². The molecule has 0 spiro atoms. The van der Waals surface area contributed by atoms with Crippen LogP contribution in [0.2, 0.25) is 0 Å². The Balaban J connectivity index is 0.000000704. The molecule has 0 fully saturated rings. The summed E-state index contributed by atoms with van der Waals surface area (Å²) in [5, 5.41) is 6.30. The lowest BCUT2D eigenvalue weighted by atomic mass is 10.4. The van der Waals surface area contributed by atoms with Gasteiger partial charge in [-0.25, -0.2) is 14.6 Å². The molecule has 0 unspecified atom stereocenters. The SMILES string of the molecule is CC.Cc1ccn(-c2cc(N)nc(-c3cccs3)n2)n1. The van der Waals surface area contributed by atoms with Gasteiger partial charge in [-0.1, -0.05) is 19.9 Å². The predicted octanol–water partition coefficient (Wildman–Crippen LogP) is 3.31. The first-order valence-electron chi connectivity index (χ1n) is 6.43. The average molecular weight is 287 g/mol. The predicted molar refractivity (Wildman–Crippen MR) is 83.0 cm³/mol. The number of rotatable bonds is 2. The van der Waals surface area contributed by atoms with Crippen LogP contribution in [0.1, 0.15) is 19.5 Å². The van der Waals surface area contributed by atoms with Gasteiger partial charge in [0, 0.05) is 12.3 Å². The number of nitrogens with two attached hydrogens (primary N) is 1. The van der Waals surface area contributed by atoms with Crippen molar-refractivity contribution in [2.75, 3.05) is 5.73 Å². The second kappa shape index (κ2) is 6.29. The lowest BCUT2D eigenvalue weighted by molar-refractivity contribution is 0.829. The molecule has 20 heavy (non-hydrogen) atoms. The van der Waals surface area contributed by atoms with E-state index in [1.165, 1.54) is 0 Å². The molecule has 0 radical (unpaired) electrons. The van der Waals surface area contributed by atoms with Crippen LogP contribution in [0.15, 0.2) is 35.8 Å². The summed E-state index contributed by atoms with van der Waals surface area (Å²) in [5.74, 6) is 1.75. The Morgan fingerprint density at radius 2 is 2.00 bits per heavy atom. The average Bonchev–Trinajstić information content (AvgIpc) is 3.11. The first kappa shape index (κ1) is 14.2. The fourth-order valence-corrected chi connectivity index (χ4v) is 2.29. The summed E-state index contributed by atoms with van der Waals surface area (Å²) in [6.45, 7) is 5.93. The van der Waals surface area contributed by atoms with E-state index in [1.54, 1.807) is 22.1 Å². The highest BCUT2D eigenvalue weighted by atomic mass is 32.1. The molecular weight excluding hydrogens is 270 g/mol. The van der Waals surface area contributed by atoms with Gasteiger partial charge in [0.2, 0.25) is 0 Å². The third kappa shape index (κ3) is 3.03. The van der Waals surface area contributed by atoms with Gasteiger partial charge in [0.15, 0.2) is 11.6 Å². The van der Waals surface area contributed by atoms with Crippen molar-refractivity contribution in [2.45, 2.75) is 20.8 Å². The maximum Gasteiger partial charge on any atom is 0.173 e. The van der Waals surface area contributed by atoms with Crippen molar-refractivity contribution in [1.29, 1.82) is 0 Å². The largest absolute Gasteiger partial charge is 0.384 e. The molecule has 2 N–H and O–H groups in total. The Labute approximate surface area is 122 Å². The minimum Gasteiger partial charge on any atom is -0.384 e. The van der Waals surface area contributed by atoms with E-state index in [0.717, 1.165) is 10.6 Å². The van der Waals surface area contributed by atoms with Crippen molar-refractivity contribution < 1.29 is 0 Å². The number of anilines is 1. The molecule has 104 valence electrons. The third-order valence-corrected chi connectivity index (χ3v) is 3.30. The van der Waals surface area contributed by atoms with Crippen molar-refractivity contribution >= 4 is 17.2 Å².